The molecule has 0 spiro atoms. The van der Waals surface area contributed by atoms with E-state index in [2.05, 4.69) is 57.2 Å². The average Bonchev–Trinajstić information content (AvgIpc) is 2.54. The first-order valence-electron chi connectivity index (χ1n) is 8.17. The Labute approximate surface area is 125 Å². The maximum Gasteiger partial charge on any atom is 0.250 e. The molecule has 1 nitrogen and oxygen atoms in total. The third-order valence-electron chi connectivity index (χ3n) is 4.83. The molecular weight excluding hydrogens is 260 g/mol. The summed E-state index contributed by atoms with van der Waals surface area (Å²) in [5, 5.41) is 0. The van der Waals surface area contributed by atoms with Crippen molar-refractivity contribution in [3.05, 3.63) is 47.7 Å². The molecule has 0 heterocycles. The van der Waals surface area contributed by atoms with Gasteiger partial charge in [-0.05, 0) is 42.6 Å². The molecule has 0 aromatic heterocycles. The van der Waals surface area contributed by atoms with Crippen molar-refractivity contribution in [2.24, 2.45) is 0 Å². The molecule has 0 bridgehead atoms. The molecule has 0 aliphatic heterocycles. The van der Waals surface area contributed by atoms with E-state index in [4.69, 9.17) is 4.43 Å². The molecule has 1 unspecified atom stereocenters. The van der Waals surface area contributed by atoms with Crippen LogP contribution >= 0.6 is 0 Å². The molecule has 0 N–H and O–H groups in total. The van der Waals surface area contributed by atoms with Gasteiger partial charge in [0.2, 0.25) is 8.32 Å². The molecule has 110 valence electrons. The Morgan fingerprint density at radius 2 is 1.70 bits per heavy atom. The molecule has 0 radical (unpaired) electrons. The standard InChI is InChI=1S/C18H28OSi/c1-4-20(5-2,6-3)19-18-14-10-13-17(15-18)16-11-8-7-9-12-16/h7-9,11-12,15,17H,4-6,10,13-14H2,1-3H3. The highest BCUT2D eigenvalue weighted by atomic mass is 28.4. The molecule has 1 aliphatic carbocycles. The SMILES string of the molecule is CC[Si](CC)(CC)OC1=CC(c2ccccc2)CCC1. The van der Waals surface area contributed by atoms with Crippen molar-refractivity contribution in [3.63, 3.8) is 0 Å². The third kappa shape index (κ3) is 3.54. The first kappa shape index (κ1) is 15.4. The Balaban J connectivity index is 2.14. The molecule has 0 fully saturated rings. The van der Waals surface area contributed by atoms with Gasteiger partial charge in [0, 0.05) is 12.3 Å². The summed E-state index contributed by atoms with van der Waals surface area (Å²) in [5.74, 6) is 1.83. The van der Waals surface area contributed by atoms with Crippen LogP contribution in [0.4, 0.5) is 0 Å². The van der Waals surface area contributed by atoms with Gasteiger partial charge >= 0.3 is 0 Å². The van der Waals surface area contributed by atoms with Crippen molar-refractivity contribution in [2.75, 3.05) is 0 Å². The average molecular weight is 289 g/mol. The zero-order valence-corrected chi connectivity index (χ0v) is 14.2. The topological polar surface area (TPSA) is 9.23 Å². The molecule has 1 aromatic rings. The summed E-state index contributed by atoms with van der Waals surface area (Å²) < 4.78 is 6.58. The molecule has 2 heteroatoms. The minimum atomic E-state index is -1.50. The van der Waals surface area contributed by atoms with Crippen molar-refractivity contribution in [1.29, 1.82) is 0 Å². The lowest BCUT2D eigenvalue weighted by Gasteiger charge is -2.33. The maximum atomic E-state index is 6.58. The minimum absolute atomic E-state index is 0.553. The van der Waals surface area contributed by atoms with Crippen molar-refractivity contribution in [3.8, 4) is 0 Å². The smallest absolute Gasteiger partial charge is 0.250 e. The third-order valence-corrected chi connectivity index (χ3v) is 9.39. The largest absolute Gasteiger partial charge is 0.547 e. The van der Waals surface area contributed by atoms with Crippen LogP contribution in [0.25, 0.3) is 0 Å². The summed E-state index contributed by atoms with van der Waals surface area (Å²) in [7, 11) is -1.50. The van der Waals surface area contributed by atoms with Crippen LogP contribution in [0, 0.1) is 0 Å². The van der Waals surface area contributed by atoms with Gasteiger partial charge in [0.05, 0.1) is 5.76 Å². The van der Waals surface area contributed by atoms with Crippen molar-refractivity contribution in [1.82, 2.24) is 0 Å². The van der Waals surface area contributed by atoms with Crippen LogP contribution in [0.5, 0.6) is 0 Å². The van der Waals surface area contributed by atoms with Gasteiger partial charge in [0.25, 0.3) is 0 Å². The van der Waals surface area contributed by atoms with Gasteiger partial charge in [-0.25, -0.2) is 0 Å². The number of hydrogen-bond donors (Lipinski definition) is 0. The van der Waals surface area contributed by atoms with Gasteiger partial charge in [-0.3, -0.25) is 0 Å². The van der Waals surface area contributed by atoms with E-state index in [-0.39, 0.29) is 0 Å². The van der Waals surface area contributed by atoms with Crippen LogP contribution < -0.4 is 0 Å². The molecule has 20 heavy (non-hydrogen) atoms. The number of benzene rings is 1. The molecule has 0 amide bonds. The van der Waals surface area contributed by atoms with Crippen LogP contribution in [0.15, 0.2) is 42.2 Å². The van der Waals surface area contributed by atoms with Crippen LogP contribution in [-0.2, 0) is 4.43 Å². The summed E-state index contributed by atoms with van der Waals surface area (Å²) in [4.78, 5) is 0. The number of rotatable bonds is 6. The number of allylic oxidation sites excluding steroid dienone is 2. The second-order valence-electron chi connectivity index (χ2n) is 5.89. The molecule has 0 saturated carbocycles. The van der Waals surface area contributed by atoms with Crippen molar-refractivity contribution < 1.29 is 4.43 Å². The summed E-state index contributed by atoms with van der Waals surface area (Å²) >= 11 is 0. The van der Waals surface area contributed by atoms with E-state index in [0.717, 1.165) is 6.42 Å². The van der Waals surface area contributed by atoms with Crippen LogP contribution in [0.2, 0.25) is 18.1 Å². The predicted molar refractivity (Wildman–Crippen MR) is 89.4 cm³/mol. The van der Waals surface area contributed by atoms with E-state index < -0.39 is 8.32 Å². The zero-order chi connectivity index (χ0) is 14.4. The fourth-order valence-electron chi connectivity index (χ4n) is 3.18. The van der Waals surface area contributed by atoms with Gasteiger partial charge in [-0.15, -0.1) is 0 Å². The lowest BCUT2D eigenvalue weighted by Crippen LogP contribution is -2.35. The van der Waals surface area contributed by atoms with Crippen LogP contribution in [0.1, 0.15) is 51.5 Å². The van der Waals surface area contributed by atoms with Gasteiger partial charge in [0.15, 0.2) is 0 Å². The van der Waals surface area contributed by atoms with Crippen molar-refractivity contribution in [2.45, 2.75) is 64.1 Å². The van der Waals surface area contributed by atoms with E-state index >= 15 is 0 Å². The summed E-state index contributed by atoms with van der Waals surface area (Å²) in [6.07, 6.45) is 6.06. The first-order valence-corrected chi connectivity index (χ1v) is 10.7. The zero-order valence-electron chi connectivity index (χ0n) is 13.2. The minimum Gasteiger partial charge on any atom is -0.547 e. The molecule has 1 atom stereocenters. The molecule has 1 aliphatic rings. The normalized spacial score (nSPS) is 19.6. The fourth-order valence-corrected chi connectivity index (χ4v) is 5.84. The van der Waals surface area contributed by atoms with Gasteiger partial charge in [-0.1, -0.05) is 51.1 Å². The molecule has 2 rings (SSSR count). The van der Waals surface area contributed by atoms with E-state index in [1.807, 2.05) is 0 Å². The molecule has 1 aromatic carbocycles. The predicted octanol–water partition coefficient (Wildman–Crippen LogP) is 5.86. The maximum absolute atomic E-state index is 6.58. The van der Waals surface area contributed by atoms with Gasteiger partial charge in [0.1, 0.15) is 0 Å². The quantitative estimate of drug-likeness (QED) is 0.596. The van der Waals surface area contributed by atoms with E-state index in [1.54, 1.807) is 0 Å². The monoisotopic (exact) mass is 288 g/mol. The van der Waals surface area contributed by atoms with Crippen LogP contribution in [0.3, 0.4) is 0 Å². The summed E-state index contributed by atoms with van der Waals surface area (Å²) in [6, 6.07) is 14.6. The molecular formula is C18H28OSi. The highest BCUT2D eigenvalue weighted by Crippen LogP contribution is 2.34. The Hall–Kier alpha value is -1.02. The second kappa shape index (κ2) is 7.12. The van der Waals surface area contributed by atoms with Crippen LogP contribution in [-0.4, -0.2) is 8.32 Å². The summed E-state index contributed by atoms with van der Waals surface area (Å²) in [5.41, 5.74) is 1.44. The highest BCUT2D eigenvalue weighted by molar-refractivity contribution is 6.73. The second-order valence-corrected chi connectivity index (χ2v) is 10.6. The Morgan fingerprint density at radius 3 is 2.30 bits per heavy atom. The van der Waals surface area contributed by atoms with E-state index in [9.17, 15) is 0 Å². The van der Waals surface area contributed by atoms with E-state index in [1.165, 1.54) is 42.3 Å². The van der Waals surface area contributed by atoms with Gasteiger partial charge in [-0.2, -0.15) is 0 Å². The lowest BCUT2D eigenvalue weighted by molar-refractivity contribution is 0.360. The summed E-state index contributed by atoms with van der Waals surface area (Å²) in [6.45, 7) is 6.91. The Bertz CT molecular complexity index is 426. The van der Waals surface area contributed by atoms with Crippen molar-refractivity contribution >= 4 is 8.32 Å². The van der Waals surface area contributed by atoms with E-state index in [0.29, 0.717) is 5.92 Å². The fraction of sp³-hybridized carbons (Fsp3) is 0.556. The number of hydrogen-bond acceptors (Lipinski definition) is 1. The lowest BCUT2D eigenvalue weighted by atomic mass is 9.89. The highest BCUT2D eigenvalue weighted by Gasteiger charge is 2.32. The molecule has 0 saturated heterocycles. The first-order chi connectivity index (χ1) is 9.73. The van der Waals surface area contributed by atoms with Gasteiger partial charge < -0.3 is 4.43 Å². The Morgan fingerprint density at radius 1 is 1.05 bits per heavy atom. The Kier molecular flexibility index (Phi) is 5.47.